The van der Waals surface area contributed by atoms with Crippen LogP contribution in [0.1, 0.15) is 73.6 Å². The molecule has 0 aromatic carbocycles. The number of amides is 2. The van der Waals surface area contributed by atoms with Crippen LogP contribution in [0.4, 0.5) is 26.3 Å². The minimum Gasteiger partial charge on any atom is -0.542 e. The Balaban J connectivity index is 0.00000109. The van der Waals surface area contributed by atoms with Gasteiger partial charge in [0.25, 0.3) is 5.91 Å². The summed E-state index contributed by atoms with van der Waals surface area (Å²) in [5.41, 5.74) is 3.01. The maximum absolute atomic E-state index is 13.1. The highest BCUT2D eigenvalue weighted by atomic mass is 19.4. The van der Waals surface area contributed by atoms with Gasteiger partial charge in [0, 0.05) is 12.8 Å². The third kappa shape index (κ3) is 15.6. The van der Waals surface area contributed by atoms with E-state index in [1.54, 1.807) is 13.8 Å². The Labute approximate surface area is 253 Å². The summed E-state index contributed by atoms with van der Waals surface area (Å²) in [5, 5.41) is 23.7. The minimum atomic E-state index is -5.19. The lowest BCUT2D eigenvalue weighted by Gasteiger charge is -2.32. The number of rotatable bonds is 10. The SMILES string of the molecule is CC(C)C[C@@H](CN1CCC[N+]2=C1CCC2)NC(=O)C(C)(C)NC(=O)[C@@H]([NH3+])CC(C)C.O=C([O-])C(F)(F)F.O=C([O-])C(F)(F)F. The minimum absolute atomic E-state index is 0.0629. The van der Waals surface area contributed by atoms with E-state index >= 15 is 0 Å². The van der Waals surface area contributed by atoms with Gasteiger partial charge in [-0.1, -0.05) is 27.7 Å². The van der Waals surface area contributed by atoms with E-state index in [2.05, 4.69) is 53.5 Å². The number of nitrogens with zero attached hydrogens (tertiary/aromatic N) is 2. The van der Waals surface area contributed by atoms with Gasteiger partial charge in [0.15, 0.2) is 6.04 Å². The van der Waals surface area contributed by atoms with Crippen molar-refractivity contribution in [2.45, 2.75) is 104 Å². The van der Waals surface area contributed by atoms with Crippen LogP contribution in [0.5, 0.6) is 0 Å². The fraction of sp³-hybridized carbons (Fsp3) is 0.815. The summed E-state index contributed by atoms with van der Waals surface area (Å²) in [6.45, 7) is 16.3. The second kappa shape index (κ2) is 17.4. The zero-order valence-corrected chi connectivity index (χ0v) is 26.0. The number of carbonyl (C=O) groups is 4. The van der Waals surface area contributed by atoms with Crippen molar-refractivity contribution in [2.24, 2.45) is 11.8 Å². The second-order valence-corrected chi connectivity index (χ2v) is 12.1. The van der Waals surface area contributed by atoms with Crippen molar-refractivity contribution >= 4 is 29.6 Å². The van der Waals surface area contributed by atoms with E-state index in [1.807, 2.05) is 0 Å². The number of carboxylic acids is 2. The molecule has 0 aromatic heterocycles. The fourth-order valence-electron chi connectivity index (χ4n) is 4.62. The number of quaternary nitrogens is 1. The number of alkyl halides is 6. The first-order chi connectivity index (χ1) is 19.9. The number of carbonyl (C=O) groups excluding carboxylic acids is 4. The lowest BCUT2D eigenvalue weighted by molar-refractivity contribution is -0.530. The molecule has 0 aromatic rings. The van der Waals surface area contributed by atoms with Crippen molar-refractivity contribution in [2.75, 3.05) is 26.2 Å². The molecule has 2 atom stereocenters. The maximum atomic E-state index is 13.1. The van der Waals surface area contributed by atoms with Crippen LogP contribution in [-0.2, 0) is 19.2 Å². The molecule has 0 radical (unpaired) electrons. The van der Waals surface area contributed by atoms with Crippen LogP contribution in [0.2, 0.25) is 0 Å². The van der Waals surface area contributed by atoms with Gasteiger partial charge in [0.1, 0.15) is 24.0 Å². The van der Waals surface area contributed by atoms with Crippen molar-refractivity contribution in [1.82, 2.24) is 15.5 Å². The summed E-state index contributed by atoms with van der Waals surface area (Å²) in [6, 6.07) is -0.283. The highest BCUT2D eigenvalue weighted by Crippen LogP contribution is 2.17. The molecule has 2 amide bonds. The quantitative estimate of drug-likeness (QED) is 0.213. The number of carboxylic acid groups (broad SMARTS) is 2. The summed E-state index contributed by atoms with van der Waals surface area (Å²) in [6.07, 6.45) is -5.21. The number of aliphatic carboxylic acids is 2. The van der Waals surface area contributed by atoms with Crippen molar-refractivity contribution in [1.29, 1.82) is 0 Å². The molecule has 0 aliphatic carbocycles. The number of halogens is 6. The van der Waals surface area contributed by atoms with Gasteiger partial charge in [-0.3, -0.25) is 19.1 Å². The van der Waals surface area contributed by atoms with Gasteiger partial charge in [-0.25, -0.2) is 0 Å². The lowest BCUT2D eigenvalue weighted by Crippen LogP contribution is -2.71. The highest BCUT2D eigenvalue weighted by molar-refractivity contribution is 5.92. The van der Waals surface area contributed by atoms with Gasteiger partial charge >= 0.3 is 12.4 Å². The van der Waals surface area contributed by atoms with Crippen LogP contribution < -0.4 is 26.6 Å². The predicted molar refractivity (Wildman–Crippen MR) is 142 cm³/mol. The van der Waals surface area contributed by atoms with Gasteiger partial charge in [-0.15, -0.1) is 0 Å². The van der Waals surface area contributed by atoms with E-state index in [1.165, 1.54) is 18.7 Å². The molecule has 0 fully saturated rings. The molecule has 0 unspecified atom stereocenters. The number of nitrogens with one attached hydrogen (secondary N) is 2. The Hall–Kier alpha value is -3.11. The predicted octanol–water partition coefficient (Wildman–Crippen LogP) is -0.424. The van der Waals surface area contributed by atoms with Gasteiger partial charge in [0.05, 0.1) is 32.1 Å². The molecule has 0 saturated carbocycles. The molecule has 44 heavy (non-hydrogen) atoms. The highest BCUT2D eigenvalue weighted by Gasteiger charge is 2.37. The molecular formula is C27H45F6N5O6. The third-order valence-electron chi connectivity index (χ3n) is 6.54. The van der Waals surface area contributed by atoms with E-state index in [4.69, 9.17) is 19.8 Å². The summed E-state index contributed by atoms with van der Waals surface area (Å²) in [7, 11) is 0. The Kier molecular flexibility index (Phi) is 16.2. The first kappa shape index (κ1) is 40.9. The first-order valence-electron chi connectivity index (χ1n) is 14.3. The molecule has 2 aliphatic heterocycles. The molecule has 2 heterocycles. The Morgan fingerprint density at radius 1 is 0.886 bits per heavy atom. The molecule has 256 valence electrons. The summed E-state index contributed by atoms with van der Waals surface area (Å²) in [5.74, 6) is -3.97. The van der Waals surface area contributed by atoms with Crippen molar-refractivity contribution in [3.8, 4) is 0 Å². The van der Waals surface area contributed by atoms with Crippen LogP contribution >= 0.6 is 0 Å². The largest absolute Gasteiger partial charge is 0.542 e. The fourth-order valence-corrected chi connectivity index (χ4v) is 4.62. The van der Waals surface area contributed by atoms with Gasteiger partial charge < -0.3 is 36.2 Å². The van der Waals surface area contributed by atoms with E-state index in [-0.39, 0.29) is 23.9 Å². The zero-order valence-electron chi connectivity index (χ0n) is 26.0. The van der Waals surface area contributed by atoms with Crippen LogP contribution in [-0.4, -0.2) is 95.2 Å². The molecular weight excluding hydrogens is 604 g/mol. The third-order valence-corrected chi connectivity index (χ3v) is 6.54. The Morgan fingerprint density at radius 3 is 1.77 bits per heavy atom. The van der Waals surface area contributed by atoms with E-state index < -0.39 is 29.8 Å². The topological polar surface area (TPSA) is 172 Å². The summed E-state index contributed by atoms with van der Waals surface area (Å²) < 4.78 is 65.6. The van der Waals surface area contributed by atoms with Gasteiger partial charge in [-0.2, -0.15) is 26.3 Å². The molecule has 2 aliphatic rings. The average molecular weight is 650 g/mol. The van der Waals surface area contributed by atoms with Gasteiger partial charge in [-0.05, 0) is 38.5 Å². The second-order valence-electron chi connectivity index (χ2n) is 12.1. The van der Waals surface area contributed by atoms with Crippen LogP contribution in [0.25, 0.3) is 0 Å². The summed E-state index contributed by atoms with van der Waals surface area (Å²) >= 11 is 0. The Morgan fingerprint density at radius 2 is 1.34 bits per heavy atom. The molecule has 0 bridgehead atoms. The van der Waals surface area contributed by atoms with Crippen LogP contribution in [0.3, 0.4) is 0 Å². The number of hydrogen-bond donors (Lipinski definition) is 3. The molecule has 5 N–H and O–H groups in total. The molecule has 17 heteroatoms. The zero-order chi connectivity index (χ0) is 34.6. The molecule has 2 rings (SSSR count). The van der Waals surface area contributed by atoms with Crippen molar-refractivity contribution in [3.05, 3.63) is 0 Å². The lowest BCUT2D eigenvalue weighted by atomic mass is 9.98. The average Bonchev–Trinajstić information content (AvgIpc) is 3.32. The molecule has 0 spiro atoms. The molecule has 11 nitrogen and oxygen atoms in total. The molecule has 0 saturated heterocycles. The first-order valence-corrected chi connectivity index (χ1v) is 14.3. The smallest absolute Gasteiger partial charge is 0.430 e. The monoisotopic (exact) mass is 649 g/mol. The number of hydrogen-bond acceptors (Lipinski definition) is 7. The van der Waals surface area contributed by atoms with Crippen molar-refractivity contribution in [3.63, 3.8) is 0 Å². The van der Waals surface area contributed by atoms with E-state index in [9.17, 15) is 35.9 Å². The van der Waals surface area contributed by atoms with Crippen LogP contribution in [0, 0.1) is 11.8 Å². The number of amidine groups is 1. The van der Waals surface area contributed by atoms with Crippen molar-refractivity contribution < 1.29 is 66.0 Å². The normalized spacial score (nSPS) is 16.7. The Bertz CT molecular complexity index is 990. The van der Waals surface area contributed by atoms with E-state index in [0.717, 1.165) is 39.0 Å². The standard InChI is InChI=1S/C23H43N5O2.2C2HF3O2/c1-16(2)13-18(15-28-12-8-11-27-10-7-9-20(27)28)25-22(30)23(5,6)26-21(29)19(24)14-17(3)4;2*3-2(4,5)1(6)7/h16-19H,7-15,24H2,1-6H3,(H-,25,26,29,30);2*(H,6,7)/t18-,19-;;/m0../s1. The summed E-state index contributed by atoms with van der Waals surface area (Å²) in [4.78, 5) is 45.7. The van der Waals surface area contributed by atoms with Gasteiger partial charge in [0.2, 0.25) is 11.7 Å². The van der Waals surface area contributed by atoms with Crippen LogP contribution in [0.15, 0.2) is 0 Å². The van der Waals surface area contributed by atoms with E-state index in [0.29, 0.717) is 18.3 Å². The maximum Gasteiger partial charge on any atom is 0.430 e.